The van der Waals surface area contributed by atoms with Crippen LogP contribution in [-0.4, -0.2) is 33.3 Å². The maximum Gasteiger partial charge on any atom is 0.222 e. The minimum Gasteiger partial charge on any atom is -0.494 e. The number of rotatable bonds is 10. The molecule has 0 aliphatic carbocycles. The van der Waals surface area contributed by atoms with Gasteiger partial charge in [0.1, 0.15) is 5.75 Å². The lowest BCUT2D eigenvalue weighted by Crippen LogP contribution is -2.37. The van der Waals surface area contributed by atoms with Gasteiger partial charge in [0.2, 0.25) is 5.91 Å². The van der Waals surface area contributed by atoms with Crippen molar-refractivity contribution in [2.75, 3.05) is 6.61 Å². The van der Waals surface area contributed by atoms with Crippen LogP contribution in [0.15, 0.2) is 54.6 Å². The normalized spacial score (nSPS) is 12.4. The molecule has 3 aromatic rings. The van der Waals surface area contributed by atoms with Gasteiger partial charge in [-0.3, -0.25) is 14.5 Å². The molecule has 0 aliphatic heterocycles. The van der Waals surface area contributed by atoms with Crippen molar-refractivity contribution < 1.29 is 9.53 Å². The number of aromatic amines is 1. The van der Waals surface area contributed by atoms with Crippen molar-refractivity contribution in [1.29, 1.82) is 0 Å². The highest BCUT2D eigenvalue weighted by molar-refractivity contribution is 7.71. The number of nitrogens with zero attached hydrogens (tertiary/aromatic N) is 2. The number of ether oxygens (including phenoxy) is 1. The summed E-state index contributed by atoms with van der Waals surface area (Å²) in [7, 11) is 0. The smallest absolute Gasteiger partial charge is 0.222 e. The van der Waals surface area contributed by atoms with Crippen molar-refractivity contribution in [1.82, 2.24) is 20.1 Å². The molecule has 1 heterocycles. The first kappa shape index (κ1) is 23.7. The molecule has 0 spiro atoms. The van der Waals surface area contributed by atoms with Gasteiger partial charge in [0, 0.05) is 24.6 Å². The average molecular weight is 453 g/mol. The summed E-state index contributed by atoms with van der Waals surface area (Å²) < 4.78 is 7.87. The summed E-state index contributed by atoms with van der Waals surface area (Å²) in [5.41, 5.74) is 2.16. The predicted octanol–water partition coefficient (Wildman–Crippen LogP) is 5.27. The third-order valence-corrected chi connectivity index (χ3v) is 5.84. The van der Waals surface area contributed by atoms with Gasteiger partial charge in [-0.25, -0.2) is 0 Å². The molecule has 0 aliphatic rings. The molecule has 3 rings (SSSR count). The molecule has 2 aromatic carbocycles. The van der Waals surface area contributed by atoms with E-state index in [4.69, 9.17) is 17.0 Å². The summed E-state index contributed by atoms with van der Waals surface area (Å²) >= 11 is 5.39. The van der Waals surface area contributed by atoms with E-state index in [-0.39, 0.29) is 17.4 Å². The van der Waals surface area contributed by atoms with Gasteiger partial charge >= 0.3 is 0 Å². The number of aromatic nitrogens is 3. The van der Waals surface area contributed by atoms with Crippen LogP contribution in [0.4, 0.5) is 0 Å². The number of carbonyl (C=O) groups is 1. The fourth-order valence-electron chi connectivity index (χ4n) is 4.00. The lowest BCUT2D eigenvalue weighted by molar-refractivity contribution is -0.122. The second-order valence-corrected chi connectivity index (χ2v) is 9.02. The Hall–Kier alpha value is -2.93. The van der Waals surface area contributed by atoms with Gasteiger partial charge in [-0.2, -0.15) is 5.10 Å². The van der Waals surface area contributed by atoms with Crippen LogP contribution in [0.1, 0.15) is 46.1 Å². The number of nitrogens with one attached hydrogen (secondary N) is 2. The van der Waals surface area contributed by atoms with Crippen LogP contribution in [0, 0.1) is 4.77 Å². The molecule has 1 atom stereocenters. The average Bonchev–Trinajstić information content (AvgIpc) is 3.13. The zero-order valence-electron chi connectivity index (χ0n) is 19.2. The van der Waals surface area contributed by atoms with E-state index in [1.807, 2.05) is 41.8 Å². The molecule has 0 saturated carbocycles. The number of benzene rings is 2. The van der Waals surface area contributed by atoms with E-state index in [2.05, 4.69) is 60.6 Å². The Balaban J connectivity index is 1.59. The molecule has 0 fully saturated rings. The first-order valence-corrected chi connectivity index (χ1v) is 11.4. The molecule has 32 heavy (non-hydrogen) atoms. The summed E-state index contributed by atoms with van der Waals surface area (Å²) in [5, 5.41) is 10.3. The van der Waals surface area contributed by atoms with Gasteiger partial charge < -0.3 is 10.1 Å². The minimum absolute atomic E-state index is 0.00195. The van der Waals surface area contributed by atoms with Gasteiger partial charge in [0.15, 0.2) is 10.6 Å². The van der Waals surface area contributed by atoms with Crippen molar-refractivity contribution in [2.45, 2.75) is 58.5 Å². The van der Waals surface area contributed by atoms with E-state index in [9.17, 15) is 4.79 Å². The van der Waals surface area contributed by atoms with Crippen LogP contribution in [0.2, 0.25) is 0 Å². The zero-order chi connectivity index (χ0) is 23.1. The Bertz CT molecular complexity index is 1070. The van der Waals surface area contributed by atoms with E-state index in [0.717, 1.165) is 17.7 Å². The van der Waals surface area contributed by atoms with Crippen molar-refractivity contribution in [3.8, 4) is 17.1 Å². The van der Waals surface area contributed by atoms with Gasteiger partial charge in [0.05, 0.1) is 6.61 Å². The van der Waals surface area contributed by atoms with Gasteiger partial charge in [-0.05, 0) is 67.7 Å². The minimum atomic E-state index is -0.0259. The highest BCUT2D eigenvalue weighted by atomic mass is 32.1. The fraction of sp³-hybridized carbons (Fsp3) is 0.400. The van der Waals surface area contributed by atoms with Crippen molar-refractivity contribution in [2.24, 2.45) is 0 Å². The van der Waals surface area contributed by atoms with E-state index in [1.165, 1.54) is 5.56 Å². The predicted molar refractivity (Wildman–Crippen MR) is 130 cm³/mol. The first-order chi connectivity index (χ1) is 15.3. The standard InChI is InChI=1S/C25H32N4O2S/c1-5-31-21-13-11-19(12-14-21)23-27-28-24(32)29(23)16-15-22(30)26-18(2)17-25(3,4)20-9-7-6-8-10-20/h6-14,18H,5,15-17H2,1-4H3,(H,26,30)(H,28,32). The molecule has 0 saturated heterocycles. The Kier molecular flexibility index (Phi) is 7.85. The van der Waals surface area contributed by atoms with Crippen LogP contribution in [0.5, 0.6) is 5.75 Å². The molecule has 6 nitrogen and oxygen atoms in total. The third-order valence-electron chi connectivity index (χ3n) is 5.52. The van der Waals surface area contributed by atoms with Crippen molar-refractivity contribution in [3.63, 3.8) is 0 Å². The Morgan fingerprint density at radius 3 is 2.53 bits per heavy atom. The monoisotopic (exact) mass is 452 g/mol. The Labute approximate surface area is 195 Å². The lowest BCUT2D eigenvalue weighted by atomic mass is 9.79. The van der Waals surface area contributed by atoms with E-state index in [1.54, 1.807) is 0 Å². The maximum atomic E-state index is 12.6. The molecular weight excluding hydrogens is 420 g/mol. The van der Waals surface area contributed by atoms with E-state index < -0.39 is 0 Å². The fourth-order valence-corrected chi connectivity index (χ4v) is 4.22. The topological polar surface area (TPSA) is 71.9 Å². The quantitative estimate of drug-likeness (QED) is 0.411. The SMILES string of the molecule is CCOc1ccc(-c2n[nH]c(=S)n2CCC(=O)NC(C)CC(C)(C)c2ccccc2)cc1. The Morgan fingerprint density at radius 1 is 1.19 bits per heavy atom. The van der Waals surface area contributed by atoms with Crippen LogP contribution >= 0.6 is 12.2 Å². The number of amides is 1. The highest BCUT2D eigenvalue weighted by Gasteiger charge is 2.24. The zero-order valence-corrected chi connectivity index (χ0v) is 20.0. The summed E-state index contributed by atoms with van der Waals surface area (Å²) in [6.07, 6.45) is 1.18. The summed E-state index contributed by atoms with van der Waals surface area (Å²) in [5.74, 6) is 1.52. The Morgan fingerprint density at radius 2 is 1.88 bits per heavy atom. The third kappa shape index (κ3) is 6.07. The largest absolute Gasteiger partial charge is 0.494 e. The molecule has 7 heteroatoms. The summed E-state index contributed by atoms with van der Waals surface area (Å²) in [6.45, 7) is 9.50. The maximum absolute atomic E-state index is 12.6. The molecule has 1 amide bonds. The molecular formula is C25H32N4O2S. The molecule has 1 aromatic heterocycles. The van der Waals surface area contributed by atoms with Gasteiger partial charge in [0.25, 0.3) is 0 Å². The van der Waals surface area contributed by atoms with Crippen LogP contribution < -0.4 is 10.1 Å². The van der Waals surface area contributed by atoms with Crippen molar-refractivity contribution >= 4 is 18.1 Å². The van der Waals surface area contributed by atoms with Gasteiger partial charge in [-0.1, -0.05) is 44.2 Å². The second kappa shape index (κ2) is 10.6. The van der Waals surface area contributed by atoms with Crippen LogP contribution in [-0.2, 0) is 16.8 Å². The first-order valence-electron chi connectivity index (χ1n) is 11.0. The van der Waals surface area contributed by atoms with E-state index >= 15 is 0 Å². The molecule has 0 bridgehead atoms. The lowest BCUT2D eigenvalue weighted by Gasteiger charge is -2.29. The summed E-state index contributed by atoms with van der Waals surface area (Å²) in [6, 6.07) is 18.2. The number of hydrogen-bond acceptors (Lipinski definition) is 4. The molecule has 1 unspecified atom stereocenters. The highest BCUT2D eigenvalue weighted by Crippen LogP contribution is 2.28. The molecule has 0 radical (unpaired) electrons. The second-order valence-electron chi connectivity index (χ2n) is 8.63. The van der Waals surface area contributed by atoms with Crippen molar-refractivity contribution in [3.05, 3.63) is 64.9 Å². The molecule has 170 valence electrons. The van der Waals surface area contributed by atoms with E-state index in [0.29, 0.717) is 30.2 Å². The van der Waals surface area contributed by atoms with Crippen LogP contribution in [0.3, 0.4) is 0 Å². The van der Waals surface area contributed by atoms with Crippen LogP contribution in [0.25, 0.3) is 11.4 Å². The number of hydrogen-bond donors (Lipinski definition) is 2. The summed E-state index contributed by atoms with van der Waals surface area (Å²) in [4.78, 5) is 12.6. The molecule has 2 N–H and O–H groups in total. The number of carbonyl (C=O) groups excluding carboxylic acids is 1. The number of H-pyrrole nitrogens is 1. The van der Waals surface area contributed by atoms with Gasteiger partial charge in [-0.15, -0.1) is 0 Å².